The summed E-state index contributed by atoms with van der Waals surface area (Å²) in [6.07, 6.45) is 1.12. The number of hydrogen-bond donors (Lipinski definition) is 2. The third kappa shape index (κ3) is 3.93. The van der Waals surface area contributed by atoms with Gasteiger partial charge in [-0.2, -0.15) is 0 Å². The van der Waals surface area contributed by atoms with Crippen LogP contribution in [-0.4, -0.2) is 43.0 Å². The zero-order valence-corrected chi connectivity index (χ0v) is 16.2. The molecule has 2 aromatic carbocycles. The Balaban J connectivity index is 1.40. The number of anilines is 2. The second kappa shape index (κ2) is 8.32. The third-order valence-electron chi connectivity index (χ3n) is 5.20. The maximum absolute atomic E-state index is 12.3. The van der Waals surface area contributed by atoms with Gasteiger partial charge in [0.1, 0.15) is 12.4 Å². The molecule has 0 saturated heterocycles. The van der Waals surface area contributed by atoms with E-state index in [4.69, 9.17) is 9.84 Å². The molecule has 0 fully saturated rings. The van der Waals surface area contributed by atoms with Crippen molar-refractivity contribution in [2.45, 2.75) is 5.92 Å². The fraction of sp³-hybridized carbons (Fsp3) is 0.217. The zero-order chi connectivity index (χ0) is 20.2. The van der Waals surface area contributed by atoms with Gasteiger partial charge in [0.05, 0.1) is 18.5 Å². The number of rotatable bonds is 6. The van der Waals surface area contributed by atoms with Crippen LogP contribution in [0.3, 0.4) is 0 Å². The molecule has 1 aromatic heterocycles. The minimum absolute atomic E-state index is 0.0237. The molecule has 0 radical (unpaired) electrons. The molecule has 6 nitrogen and oxygen atoms in total. The number of fused-ring (bicyclic) bond motifs is 3. The number of nitrogens with one attached hydrogen (secondary N) is 1. The number of benzene rings is 2. The number of carbonyl (C=O) groups excluding carboxylic acids is 1. The molecule has 6 heteroatoms. The molecule has 0 atom stereocenters. The number of hydrogen-bond acceptors (Lipinski definition) is 5. The van der Waals surface area contributed by atoms with Gasteiger partial charge >= 0.3 is 6.09 Å². The largest absolute Gasteiger partial charge is 0.448 e. The zero-order valence-electron chi connectivity index (χ0n) is 16.2. The van der Waals surface area contributed by atoms with Crippen molar-refractivity contribution in [2.75, 3.05) is 37.0 Å². The number of aliphatic hydroxyl groups is 1. The predicted octanol–water partition coefficient (Wildman–Crippen LogP) is 3.87. The average molecular weight is 389 g/mol. The van der Waals surface area contributed by atoms with E-state index in [0.29, 0.717) is 12.4 Å². The van der Waals surface area contributed by atoms with Gasteiger partial charge in [0.2, 0.25) is 0 Å². The summed E-state index contributed by atoms with van der Waals surface area (Å²) < 4.78 is 5.53. The van der Waals surface area contributed by atoms with Crippen molar-refractivity contribution in [1.29, 1.82) is 0 Å². The highest BCUT2D eigenvalue weighted by atomic mass is 16.5. The van der Waals surface area contributed by atoms with E-state index in [2.05, 4.69) is 34.6 Å². The van der Waals surface area contributed by atoms with Crippen molar-refractivity contribution >= 4 is 17.6 Å². The molecule has 0 saturated carbocycles. The van der Waals surface area contributed by atoms with Crippen molar-refractivity contribution in [2.24, 2.45) is 0 Å². The van der Waals surface area contributed by atoms with E-state index in [-0.39, 0.29) is 19.1 Å². The first-order valence-corrected chi connectivity index (χ1v) is 9.57. The number of aliphatic hydroxyl groups excluding tert-OH is 1. The van der Waals surface area contributed by atoms with Crippen LogP contribution in [0.1, 0.15) is 17.0 Å². The molecule has 3 aromatic rings. The normalized spacial score (nSPS) is 12.2. The molecule has 0 spiro atoms. The molecule has 0 bridgehead atoms. The van der Waals surface area contributed by atoms with Crippen LogP contribution in [0.5, 0.6) is 0 Å². The Morgan fingerprint density at radius 3 is 2.31 bits per heavy atom. The Bertz CT molecular complexity index is 959. The van der Waals surface area contributed by atoms with Crippen LogP contribution in [0.15, 0.2) is 66.9 Å². The molecule has 1 amide bonds. The van der Waals surface area contributed by atoms with Crippen LogP contribution >= 0.6 is 0 Å². The lowest BCUT2D eigenvalue weighted by molar-refractivity contribution is 0.158. The highest BCUT2D eigenvalue weighted by molar-refractivity contribution is 5.84. The molecule has 1 heterocycles. The number of likely N-dealkylation sites (N-methyl/N-ethyl adjacent to an activating group) is 1. The van der Waals surface area contributed by atoms with Crippen LogP contribution in [0, 0.1) is 0 Å². The lowest BCUT2D eigenvalue weighted by atomic mass is 9.98. The van der Waals surface area contributed by atoms with Crippen molar-refractivity contribution in [1.82, 2.24) is 4.98 Å². The topological polar surface area (TPSA) is 74.7 Å². The van der Waals surface area contributed by atoms with Crippen LogP contribution < -0.4 is 10.2 Å². The minimum atomic E-state index is -0.532. The maximum Gasteiger partial charge on any atom is 0.412 e. The van der Waals surface area contributed by atoms with Crippen molar-refractivity contribution in [3.63, 3.8) is 0 Å². The average Bonchev–Trinajstić information content (AvgIpc) is 3.07. The van der Waals surface area contributed by atoms with E-state index in [0.717, 1.165) is 5.69 Å². The SMILES string of the molecule is CN(CCO)c1ccc(NC(=O)OCC2c3ccccc3-c3ccccc32)nc1. The molecule has 2 N–H and O–H groups in total. The van der Waals surface area contributed by atoms with Gasteiger partial charge in [0, 0.05) is 19.5 Å². The summed E-state index contributed by atoms with van der Waals surface area (Å²) in [5, 5.41) is 11.7. The second-order valence-corrected chi connectivity index (χ2v) is 7.00. The predicted molar refractivity (Wildman–Crippen MR) is 113 cm³/mol. The molecule has 1 aliphatic rings. The van der Waals surface area contributed by atoms with Crippen molar-refractivity contribution in [3.05, 3.63) is 78.0 Å². The molecule has 0 aliphatic heterocycles. The van der Waals surface area contributed by atoms with Crippen LogP contribution in [-0.2, 0) is 4.74 Å². The van der Waals surface area contributed by atoms with Crippen LogP contribution in [0.2, 0.25) is 0 Å². The first-order valence-electron chi connectivity index (χ1n) is 9.57. The second-order valence-electron chi connectivity index (χ2n) is 7.00. The van der Waals surface area contributed by atoms with Crippen molar-refractivity contribution in [3.8, 4) is 11.1 Å². The first kappa shape index (κ1) is 19.0. The van der Waals surface area contributed by atoms with Gasteiger partial charge in [-0.15, -0.1) is 0 Å². The molecule has 148 valence electrons. The number of ether oxygens (including phenoxy) is 1. The van der Waals surface area contributed by atoms with E-state index in [1.807, 2.05) is 42.3 Å². The number of carbonyl (C=O) groups is 1. The minimum Gasteiger partial charge on any atom is -0.448 e. The van der Waals surface area contributed by atoms with Gasteiger partial charge in [-0.25, -0.2) is 9.78 Å². The summed E-state index contributed by atoms with van der Waals surface area (Å²) in [7, 11) is 1.87. The van der Waals surface area contributed by atoms with Gasteiger partial charge in [-0.3, -0.25) is 5.32 Å². The molecule has 1 aliphatic carbocycles. The van der Waals surface area contributed by atoms with Crippen molar-refractivity contribution < 1.29 is 14.6 Å². The van der Waals surface area contributed by atoms with Crippen LogP contribution in [0.4, 0.5) is 16.3 Å². The monoisotopic (exact) mass is 389 g/mol. The quantitative estimate of drug-likeness (QED) is 0.669. The van der Waals surface area contributed by atoms with E-state index >= 15 is 0 Å². The summed E-state index contributed by atoms with van der Waals surface area (Å²) in [5.41, 5.74) is 5.60. The molecular formula is C23H23N3O3. The van der Waals surface area contributed by atoms with E-state index in [9.17, 15) is 4.79 Å². The first-order chi connectivity index (χ1) is 14.2. The Kier molecular flexibility index (Phi) is 5.44. The van der Waals surface area contributed by atoms with Gasteiger partial charge in [0.25, 0.3) is 0 Å². The molecule has 29 heavy (non-hydrogen) atoms. The number of amides is 1. The summed E-state index contributed by atoms with van der Waals surface area (Å²) in [6, 6.07) is 20.0. The lowest BCUT2D eigenvalue weighted by Gasteiger charge is -2.17. The van der Waals surface area contributed by atoms with Gasteiger partial charge in [-0.05, 0) is 34.4 Å². The number of aromatic nitrogens is 1. The van der Waals surface area contributed by atoms with E-state index in [1.54, 1.807) is 12.3 Å². The maximum atomic E-state index is 12.3. The highest BCUT2D eigenvalue weighted by Crippen LogP contribution is 2.44. The fourth-order valence-corrected chi connectivity index (χ4v) is 3.70. The summed E-state index contributed by atoms with van der Waals surface area (Å²) in [4.78, 5) is 18.4. The highest BCUT2D eigenvalue weighted by Gasteiger charge is 2.29. The van der Waals surface area contributed by atoms with E-state index < -0.39 is 6.09 Å². The van der Waals surface area contributed by atoms with Gasteiger partial charge in [-0.1, -0.05) is 48.5 Å². The summed E-state index contributed by atoms with van der Waals surface area (Å²) in [5.74, 6) is 0.444. The Morgan fingerprint density at radius 1 is 1.07 bits per heavy atom. The number of pyridine rings is 1. The lowest BCUT2D eigenvalue weighted by Crippen LogP contribution is -2.21. The summed E-state index contributed by atoms with van der Waals surface area (Å²) in [6.45, 7) is 0.842. The molecular weight excluding hydrogens is 366 g/mol. The van der Waals surface area contributed by atoms with Crippen LogP contribution in [0.25, 0.3) is 11.1 Å². The Hall–Kier alpha value is -3.38. The number of nitrogens with zero attached hydrogens (tertiary/aromatic N) is 2. The third-order valence-corrected chi connectivity index (χ3v) is 5.20. The molecule has 4 rings (SSSR count). The van der Waals surface area contributed by atoms with Gasteiger partial charge in [0.15, 0.2) is 0 Å². The fourth-order valence-electron chi connectivity index (χ4n) is 3.70. The Labute approximate surface area is 169 Å². The van der Waals surface area contributed by atoms with Gasteiger partial charge < -0.3 is 14.7 Å². The summed E-state index contributed by atoms with van der Waals surface area (Å²) >= 11 is 0. The smallest absolute Gasteiger partial charge is 0.412 e. The molecule has 0 unspecified atom stereocenters. The Morgan fingerprint density at radius 2 is 1.72 bits per heavy atom. The van der Waals surface area contributed by atoms with E-state index in [1.165, 1.54) is 22.3 Å². The standard InChI is InChI=1S/C23H23N3O3/c1-26(12-13-27)16-10-11-22(24-14-16)25-23(28)29-15-21-19-8-4-2-6-17(19)18-7-3-5-9-20(18)21/h2-11,14,21,27H,12-13,15H2,1H3,(H,24,25,28).